The van der Waals surface area contributed by atoms with E-state index in [1.807, 2.05) is 4.98 Å². The van der Waals surface area contributed by atoms with Crippen LogP contribution < -0.4 is 16.0 Å². The number of alkyl halides is 5. The lowest BCUT2D eigenvalue weighted by Gasteiger charge is -2.32. The van der Waals surface area contributed by atoms with Crippen molar-refractivity contribution in [2.75, 3.05) is 11.4 Å². The van der Waals surface area contributed by atoms with Crippen molar-refractivity contribution in [3.63, 3.8) is 0 Å². The zero-order chi connectivity index (χ0) is 34.0. The molecule has 1 aromatic heterocycles. The summed E-state index contributed by atoms with van der Waals surface area (Å²) < 4.78 is 73.0. The van der Waals surface area contributed by atoms with Gasteiger partial charge in [-0.05, 0) is 94.7 Å². The topological polar surface area (TPSA) is 130 Å². The fourth-order valence-electron chi connectivity index (χ4n) is 5.29. The number of hydrogen-bond donors (Lipinski definition) is 3. The van der Waals surface area contributed by atoms with Crippen LogP contribution in [0.25, 0.3) is 11.0 Å². The number of fused-ring (bicyclic) bond motifs is 1. The molecule has 9 nitrogen and oxygen atoms in total. The molecule has 0 unspecified atom stereocenters. The highest BCUT2D eigenvalue weighted by molar-refractivity contribution is 9.10. The van der Waals surface area contributed by atoms with Gasteiger partial charge in [0.1, 0.15) is 5.60 Å². The number of ether oxygens (including phenoxy) is 1. The first-order valence-electron chi connectivity index (χ1n) is 14.6. The highest BCUT2D eigenvalue weighted by Gasteiger charge is 2.61. The number of amides is 3. The van der Waals surface area contributed by atoms with Gasteiger partial charge >= 0.3 is 18.2 Å². The van der Waals surface area contributed by atoms with Crippen molar-refractivity contribution < 1.29 is 41.1 Å². The van der Waals surface area contributed by atoms with Gasteiger partial charge in [0.25, 0.3) is 5.91 Å². The summed E-state index contributed by atoms with van der Waals surface area (Å²) in [7, 11) is 0. The molecule has 0 aliphatic heterocycles. The highest BCUT2D eigenvalue weighted by atomic mass is 79.9. The fraction of sp³-hybridized carbons (Fsp3) is 0.484. The number of alkyl carbamates (subject to hydrolysis) is 1. The number of carbonyl (C=O) groups excluding carboxylic acids is 3. The van der Waals surface area contributed by atoms with E-state index in [4.69, 9.17) is 10.5 Å². The van der Waals surface area contributed by atoms with E-state index in [0.29, 0.717) is 37.8 Å². The molecular formula is C31H35BrF5N5O4. The number of halogens is 6. The SMILES string of the molecule is CC(C)(C)OC(=O)NCC1CCC(C(=O)N(C(=O)[C@@H](N)Cc2cccc(Br)c2)c2ccc3nc(C(F)(F)C(F)(F)F)[nH]c3c2)CC1. The average Bonchev–Trinajstić information content (AvgIpc) is 3.39. The van der Waals surface area contributed by atoms with Crippen molar-refractivity contribution in [2.24, 2.45) is 17.6 Å². The molecule has 15 heteroatoms. The molecule has 1 fully saturated rings. The zero-order valence-electron chi connectivity index (χ0n) is 25.4. The summed E-state index contributed by atoms with van der Waals surface area (Å²) in [6.07, 6.45) is -4.47. The lowest BCUT2D eigenvalue weighted by Crippen LogP contribution is -2.50. The van der Waals surface area contributed by atoms with Crippen LogP contribution in [0, 0.1) is 11.8 Å². The number of imidazole rings is 1. The molecule has 4 rings (SSSR count). The number of hydrogen-bond acceptors (Lipinski definition) is 6. The maximum Gasteiger partial charge on any atom is 0.461 e. The van der Waals surface area contributed by atoms with Crippen LogP contribution in [0.2, 0.25) is 0 Å². The Balaban J connectivity index is 1.57. The lowest BCUT2D eigenvalue weighted by molar-refractivity contribution is -0.292. The van der Waals surface area contributed by atoms with Crippen molar-refractivity contribution >= 4 is 50.6 Å². The first-order chi connectivity index (χ1) is 21.4. The van der Waals surface area contributed by atoms with Crippen LogP contribution in [0.4, 0.5) is 32.4 Å². The van der Waals surface area contributed by atoms with Gasteiger partial charge in [-0.2, -0.15) is 22.0 Å². The normalized spacial score (nSPS) is 18.2. The predicted octanol–water partition coefficient (Wildman–Crippen LogP) is 6.74. The van der Waals surface area contributed by atoms with E-state index < -0.39 is 53.4 Å². The van der Waals surface area contributed by atoms with E-state index in [1.165, 1.54) is 6.07 Å². The summed E-state index contributed by atoms with van der Waals surface area (Å²) in [5, 5.41) is 2.74. The molecule has 1 saturated carbocycles. The molecule has 1 heterocycles. The third-order valence-electron chi connectivity index (χ3n) is 7.61. The van der Waals surface area contributed by atoms with Crippen LogP contribution in [-0.4, -0.2) is 52.2 Å². The molecule has 46 heavy (non-hydrogen) atoms. The minimum atomic E-state index is -5.89. The van der Waals surface area contributed by atoms with Gasteiger partial charge in [-0.15, -0.1) is 0 Å². The molecule has 0 spiro atoms. The summed E-state index contributed by atoms with van der Waals surface area (Å²) in [5.41, 5.74) is 5.88. The summed E-state index contributed by atoms with van der Waals surface area (Å²) in [6, 6.07) is 9.45. The van der Waals surface area contributed by atoms with Gasteiger partial charge in [0.05, 0.1) is 22.8 Å². The van der Waals surface area contributed by atoms with E-state index in [9.17, 15) is 36.3 Å². The molecule has 3 amide bonds. The second-order valence-electron chi connectivity index (χ2n) is 12.4. The van der Waals surface area contributed by atoms with Crippen LogP contribution in [0.1, 0.15) is 57.8 Å². The Morgan fingerprint density at radius 2 is 1.74 bits per heavy atom. The lowest BCUT2D eigenvalue weighted by atomic mass is 9.81. The summed E-state index contributed by atoms with van der Waals surface area (Å²) in [6.45, 7) is 5.60. The van der Waals surface area contributed by atoms with Crippen molar-refractivity contribution in [3.8, 4) is 0 Å². The van der Waals surface area contributed by atoms with Crippen molar-refractivity contribution in [2.45, 2.75) is 76.6 Å². The largest absolute Gasteiger partial charge is 0.461 e. The van der Waals surface area contributed by atoms with Crippen molar-refractivity contribution in [1.29, 1.82) is 0 Å². The van der Waals surface area contributed by atoms with E-state index in [2.05, 4.69) is 26.2 Å². The van der Waals surface area contributed by atoms with Crippen LogP contribution in [0.5, 0.6) is 0 Å². The number of anilines is 1. The molecule has 3 aromatic rings. The highest BCUT2D eigenvalue weighted by Crippen LogP contribution is 2.43. The maximum atomic E-state index is 14.0. The Labute approximate surface area is 270 Å². The summed E-state index contributed by atoms with van der Waals surface area (Å²) in [5.74, 6) is -8.75. The number of nitrogens with zero attached hydrogens (tertiary/aromatic N) is 2. The van der Waals surface area contributed by atoms with Crippen LogP contribution in [0.15, 0.2) is 46.9 Å². The number of benzene rings is 2. The Morgan fingerprint density at radius 1 is 1.07 bits per heavy atom. The molecule has 250 valence electrons. The second-order valence-corrected chi connectivity index (χ2v) is 13.3. The Hall–Kier alpha value is -3.59. The number of carbonyl (C=O) groups is 3. The summed E-state index contributed by atoms with van der Waals surface area (Å²) >= 11 is 3.36. The number of aromatic amines is 1. The Bertz CT molecular complexity index is 1580. The van der Waals surface area contributed by atoms with Crippen LogP contribution in [0.3, 0.4) is 0 Å². The quantitative estimate of drug-likeness (QED) is 0.222. The van der Waals surface area contributed by atoms with Crippen LogP contribution >= 0.6 is 15.9 Å². The van der Waals surface area contributed by atoms with Gasteiger partial charge in [-0.25, -0.2) is 14.7 Å². The van der Waals surface area contributed by atoms with Gasteiger partial charge in [0.2, 0.25) is 5.91 Å². The molecule has 1 aliphatic carbocycles. The van der Waals surface area contributed by atoms with Gasteiger partial charge in [-0.3, -0.25) is 9.59 Å². The predicted molar refractivity (Wildman–Crippen MR) is 164 cm³/mol. The fourth-order valence-corrected chi connectivity index (χ4v) is 5.74. The minimum absolute atomic E-state index is 0.0496. The molecular weight excluding hydrogens is 681 g/mol. The molecule has 2 aromatic carbocycles. The maximum absolute atomic E-state index is 14.0. The number of imide groups is 1. The molecule has 0 saturated heterocycles. The number of nitrogens with two attached hydrogens (primary N) is 1. The monoisotopic (exact) mass is 715 g/mol. The van der Waals surface area contributed by atoms with Gasteiger partial charge in [-0.1, -0.05) is 28.1 Å². The summed E-state index contributed by atoms with van der Waals surface area (Å²) in [4.78, 5) is 46.1. The number of rotatable bonds is 8. The van der Waals surface area contributed by atoms with E-state index in [-0.39, 0.29) is 29.1 Å². The van der Waals surface area contributed by atoms with Gasteiger partial charge < -0.3 is 20.8 Å². The average molecular weight is 717 g/mol. The van der Waals surface area contributed by atoms with E-state index in [1.54, 1.807) is 45.0 Å². The second kappa shape index (κ2) is 13.6. The molecule has 0 bridgehead atoms. The Kier molecular flexibility index (Phi) is 10.5. The van der Waals surface area contributed by atoms with Gasteiger partial charge in [0.15, 0.2) is 5.82 Å². The smallest absolute Gasteiger partial charge is 0.444 e. The number of aromatic nitrogens is 2. The number of nitrogens with one attached hydrogen (secondary N) is 2. The standard InChI is InChI=1S/C31H35BrF5N5O4/c1-29(2,3)46-28(45)39-16-17-7-9-19(10-8-17)25(43)42(26(44)22(38)14-18-5-4-6-20(32)13-18)21-11-12-23-24(15-21)41-27(40-23)30(33,34)31(35,36)37/h4-6,11-13,15,17,19,22H,7-10,14,16,38H2,1-3H3,(H,39,45)(H,40,41)/t17?,19?,22-/m0/s1. The third kappa shape index (κ3) is 8.41. The molecule has 1 atom stereocenters. The molecule has 0 radical (unpaired) electrons. The third-order valence-corrected chi connectivity index (χ3v) is 8.10. The zero-order valence-corrected chi connectivity index (χ0v) is 27.0. The van der Waals surface area contributed by atoms with Gasteiger partial charge in [0, 0.05) is 16.9 Å². The van der Waals surface area contributed by atoms with E-state index in [0.717, 1.165) is 21.5 Å². The molecule has 1 aliphatic rings. The first kappa shape index (κ1) is 35.3. The van der Waals surface area contributed by atoms with E-state index >= 15 is 0 Å². The van der Waals surface area contributed by atoms with Crippen LogP contribution in [-0.2, 0) is 26.7 Å². The molecule has 4 N–H and O–H groups in total. The Morgan fingerprint density at radius 3 is 2.35 bits per heavy atom. The first-order valence-corrected chi connectivity index (χ1v) is 15.4. The number of H-pyrrole nitrogens is 1. The van der Waals surface area contributed by atoms with Crippen molar-refractivity contribution in [3.05, 3.63) is 58.3 Å². The minimum Gasteiger partial charge on any atom is -0.444 e. The van der Waals surface area contributed by atoms with Crippen molar-refractivity contribution in [1.82, 2.24) is 15.3 Å².